The minimum absolute atomic E-state index is 0.00820. The Kier molecular flexibility index (Phi) is 3.77. The number of β-lactam (4-membered cyclic amide) rings is 1. The Labute approximate surface area is 119 Å². The van der Waals surface area contributed by atoms with Crippen LogP contribution in [0, 0.1) is 0 Å². The Morgan fingerprint density at radius 3 is 2.32 bits per heavy atom. The lowest BCUT2D eigenvalue weighted by molar-refractivity contribution is -0.183. The minimum Gasteiger partial charge on any atom is -0.478 e. The quantitative estimate of drug-likeness (QED) is 0.627. The largest absolute Gasteiger partial charge is 0.478 e. The molecule has 2 rings (SSSR count). The van der Waals surface area contributed by atoms with Crippen LogP contribution < -0.4 is 4.74 Å². The van der Waals surface area contributed by atoms with Crippen molar-refractivity contribution in [2.45, 2.75) is 50.8 Å². The highest BCUT2D eigenvalue weighted by molar-refractivity contribution is 6.22. The summed E-state index contributed by atoms with van der Waals surface area (Å²) in [5.74, 6) is 0.710. The van der Waals surface area contributed by atoms with Gasteiger partial charge in [-0.05, 0) is 39.8 Å². The van der Waals surface area contributed by atoms with Crippen LogP contribution in [0.2, 0.25) is 0 Å². The van der Waals surface area contributed by atoms with Crippen LogP contribution in [0.1, 0.15) is 27.7 Å². The van der Waals surface area contributed by atoms with Gasteiger partial charge in [0.1, 0.15) is 11.3 Å². The topological polar surface area (TPSA) is 29.5 Å². The predicted octanol–water partition coefficient (Wildman–Crippen LogP) is 3.07. The highest BCUT2D eigenvalue weighted by Crippen LogP contribution is 2.41. The number of rotatable bonds is 4. The molecular weight excluding hydrogens is 262 g/mol. The van der Waals surface area contributed by atoms with Crippen molar-refractivity contribution in [1.82, 2.24) is 4.90 Å². The smallest absolute Gasteiger partial charge is 0.267 e. The van der Waals surface area contributed by atoms with Gasteiger partial charge in [-0.25, -0.2) is 0 Å². The van der Waals surface area contributed by atoms with Crippen molar-refractivity contribution in [2.24, 2.45) is 0 Å². The Morgan fingerprint density at radius 2 is 1.84 bits per heavy atom. The number of carbonyl (C=O) groups excluding carboxylic acids is 1. The molecule has 0 saturated carbocycles. The summed E-state index contributed by atoms with van der Waals surface area (Å²) < 4.78 is 5.84. The number of hydrogen-bond donors (Lipinski definition) is 0. The van der Waals surface area contributed by atoms with Gasteiger partial charge >= 0.3 is 0 Å². The first-order valence-corrected chi connectivity index (χ1v) is 7.01. The van der Waals surface area contributed by atoms with E-state index in [1.165, 1.54) is 0 Å². The third-order valence-corrected chi connectivity index (χ3v) is 4.27. The summed E-state index contributed by atoms with van der Waals surface area (Å²) in [6.07, 6.45) is -0.509. The van der Waals surface area contributed by atoms with Gasteiger partial charge in [0.15, 0.2) is 0 Å². The zero-order valence-corrected chi connectivity index (χ0v) is 12.5. The van der Waals surface area contributed by atoms with E-state index in [0.717, 1.165) is 0 Å². The van der Waals surface area contributed by atoms with Crippen LogP contribution in [0.3, 0.4) is 0 Å². The Morgan fingerprint density at radius 1 is 1.26 bits per heavy atom. The number of nitrogens with zero attached hydrogens (tertiary/aromatic N) is 1. The lowest BCUT2D eigenvalue weighted by Crippen LogP contribution is -2.79. The van der Waals surface area contributed by atoms with E-state index in [9.17, 15) is 4.79 Å². The molecule has 19 heavy (non-hydrogen) atoms. The molecule has 1 saturated heterocycles. The number of halogens is 1. The molecule has 1 aliphatic heterocycles. The van der Waals surface area contributed by atoms with Crippen molar-refractivity contribution >= 4 is 17.5 Å². The van der Waals surface area contributed by atoms with E-state index in [1.807, 2.05) is 62.9 Å². The number of ether oxygens (including phenoxy) is 1. The first kappa shape index (κ1) is 14.2. The maximum Gasteiger partial charge on any atom is 0.267 e. The second-order valence-corrected chi connectivity index (χ2v) is 6.11. The monoisotopic (exact) mass is 281 g/mol. The SMILES string of the molecule is CC(C)N1C(=O)[C@H](Oc2ccccc2)[C@]1(C)[C@@H](C)Cl. The van der Waals surface area contributed by atoms with Crippen LogP contribution in [0.5, 0.6) is 5.75 Å². The Hall–Kier alpha value is -1.22. The molecule has 1 aromatic carbocycles. The molecule has 1 aromatic rings. The average molecular weight is 282 g/mol. The van der Waals surface area contributed by atoms with Gasteiger partial charge in [-0.1, -0.05) is 18.2 Å². The van der Waals surface area contributed by atoms with E-state index in [2.05, 4.69) is 0 Å². The molecule has 3 atom stereocenters. The zero-order valence-electron chi connectivity index (χ0n) is 11.8. The van der Waals surface area contributed by atoms with Crippen molar-refractivity contribution in [1.29, 1.82) is 0 Å². The first-order chi connectivity index (χ1) is 8.89. The molecule has 1 aliphatic rings. The van der Waals surface area contributed by atoms with Crippen molar-refractivity contribution in [2.75, 3.05) is 0 Å². The zero-order chi connectivity index (χ0) is 14.2. The lowest BCUT2D eigenvalue weighted by Gasteiger charge is -2.58. The molecule has 0 aliphatic carbocycles. The number of amides is 1. The molecular formula is C15H20ClNO2. The number of carbonyl (C=O) groups is 1. The van der Waals surface area contributed by atoms with Gasteiger partial charge < -0.3 is 9.64 Å². The molecule has 0 N–H and O–H groups in total. The van der Waals surface area contributed by atoms with Crippen molar-refractivity contribution in [3.05, 3.63) is 30.3 Å². The van der Waals surface area contributed by atoms with Crippen molar-refractivity contribution in [3.8, 4) is 5.75 Å². The third kappa shape index (κ3) is 2.20. The number of likely N-dealkylation sites (tertiary alicyclic amines) is 1. The number of benzene rings is 1. The maximum atomic E-state index is 12.3. The molecule has 0 bridgehead atoms. The van der Waals surface area contributed by atoms with Gasteiger partial charge in [0.05, 0.1) is 5.38 Å². The molecule has 1 heterocycles. The summed E-state index contributed by atoms with van der Waals surface area (Å²) in [4.78, 5) is 14.1. The van der Waals surface area contributed by atoms with Gasteiger partial charge in [-0.2, -0.15) is 0 Å². The molecule has 104 valence electrons. The van der Waals surface area contributed by atoms with Crippen LogP contribution in [0.15, 0.2) is 30.3 Å². The maximum absolute atomic E-state index is 12.3. The summed E-state index contributed by atoms with van der Waals surface area (Å²) >= 11 is 6.31. The van der Waals surface area contributed by atoms with Gasteiger partial charge in [0.2, 0.25) is 6.10 Å². The number of alkyl halides is 1. The van der Waals surface area contributed by atoms with E-state index in [0.29, 0.717) is 5.75 Å². The first-order valence-electron chi connectivity index (χ1n) is 6.58. The number of para-hydroxylation sites is 1. The van der Waals surface area contributed by atoms with E-state index >= 15 is 0 Å². The van der Waals surface area contributed by atoms with Crippen LogP contribution in [0.25, 0.3) is 0 Å². The fraction of sp³-hybridized carbons (Fsp3) is 0.533. The highest BCUT2D eigenvalue weighted by atomic mass is 35.5. The summed E-state index contributed by atoms with van der Waals surface area (Å²) in [5, 5.41) is -0.179. The molecule has 1 amide bonds. The lowest BCUT2D eigenvalue weighted by atomic mass is 9.78. The van der Waals surface area contributed by atoms with E-state index in [1.54, 1.807) is 0 Å². The summed E-state index contributed by atoms with van der Waals surface area (Å²) in [6.45, 7) is 7.88. The summed E-state index contributed by atoms with van der Waals surface area (Å²) in [5.41, 5.74) is -0.470. The second-order valence-electron chi connectivity index (χ2n) is 5.45. The fourth-order valence-corrected chi connectivity index (χ4v) is 2.91. The molecule has 3 nitrogen and oxygen atoms in total. The Balaban J connectivity index is 2.23. The van der Waals surface area contributed by atoms with Crippen molar-refractivity contribution < 1.29 is 9.53 Å². The van der Waals surface area contributed by atoms with Gasteiger partial charge in [-0.15, -0.1) is 11.6 Å². The van der Waals surface area contributed by atoms with E-state index < -0.39 is 11.6 Å². The van der Waals surface area contributed by atoms with Crippen LogP contribution in [-0.4, -0.2) is 33.9 Å². The second kappa shape index (κ2) is 5.04. The van der Waals surface area contributed by atoms with Gasteiger partial charge in [-0.3, -0.25) is 4.79 Å². The van der Waals surface area contributed by atoms with Crippen LogP contribution in [0.4, 0.5) is 0 Å². The van der Waals surface area contributed by atoms with E-state index in [-0.39, 0.29) is 17.3 Å². The van der Waals surface area contributed by atoms with E-state index in [4.69, 9.17) is 16.3 Å². The predicted molar refractivity (Wildman–Crippen MR) is 76.6 cm³/mol. The molecule has 0 spiro atoms. The van der Waals surface area contributed by atoms with Crippen LogP contribution >= 0.6 is 11.6 Å². The summed E-state index contributed by atoms with van der Waals surface area (Å²) in [6, 6.07) is 9.52. The average Bonchev–Trinajstić information content (AvgIpc) is 2.36. The molecule has 1 fully saturated rings. The van der Waals surface area contributed by atoms with Crippen LogP contribution in [-0.2, 0) is 4.79 Å². The normalized spacial score (nSPS) is 28.2. The molecule has 4 heteroatoms. The standard InChI is InChI=1S/C15H20ClNO2/c1-10(2)17-14(18)13(15(17,4)11(3)16)19-12-8-6-5-7-9-12/h5-11,13H,1-4H3/t11-,13+,15+/m1/s1. The van der Waals surface area contributed by atoms with Gasteiger partial charge in [0, 0.05) is 6.04 Å². The molecule has 0 aromatic heterocycles. The van der Waals surface area contributed by atoms with Crippen molar-refractivity contribution in [3.63, 3.8) is 0 Å². The summed E-state index contributed by atoms with van der Waals surface area (Å²) in [7, 11) is 0. The molecule has 0 radical (unpaired) electrons. The Bertz CT molecular complexity index is 460. The minimum atomic E-state index is -0.509. The van der Waals surface area contributed by atoms with Gasteiger partial charge in [0.25, 0.3) is 5.91 Å². The fourth-order valence-electron chi connectivity index (χ4n) is 2.69. The highest BCUT2D eigenvalue weighted by Gasteiger charge is 2.62. The number of hydrogen-bond acceptors (Lipinski definition) is 2. The molecule has 0 unspecified atom stereocenters. The third-order valence-electron chi connectivity index (χ3n) is 3.83.